The Morgan fingerprint density at radius 2 is 1.62 bits per heavy atom. The Kier molecular flexibility index (Phi) is 4.96. The molecule has 0 atom stereocenters. The third kappa shape index (κ3) is 4.67. The van der Waals surface area contributed by atoms with Gasteiger partial charge in [0.1, 0.15) is 0 Å². The lowest BCUT2D eigenvalue weighted by molar-refractivity contribution is -0.137. The lowest BCUT2D eigenvalue weighted by Gasteiger charge is -2.36. The highest BCUT2D eigenvalue weighted by molar-refractivity contribution is 8.00. The standard InChI is InChI=1S/C17H23F3S/c1-16(2,3)12-7-9-14(10-8-12)21-15-6-4-5-13(11-15)17(18,19)20/h4-6,11-12,14H,7-10H2,1-3H3. The molecular weight excluding hydrogens is 293 g/mol. The van der Waals surface area contributed by atoms with E-state index in [9.17, 15) is 13.2 Å². The summed E-state index contributed by atoms with van der Waals surface area (Å²) in [4.78, 5) is 0.740. The van der Waals surface area contributed by atoms with Crippen molar-refractivity contribution in [3.8, 4) is 0 Å². The van der Waals surface area contributed by atoms with Crippen LogP contribution in [0.4, 0.5) is 13.2 Å². The average molecular weight is 316 g/mol. The maximum absolute atomic E-state index is 12.7. The first-order valence-corrected chi connectivity index (χ1v) is 8.38. The minimum Gasteiger partial charge on any atom is -0.166 e. The summed E-state index contributed by atoms with van der Waals surface area (Å²) in [7, 11) is 0. The molecule has 0 unspecified atom stereocenters. The maximum atomic E-state index is 12.7. The molecule has 0 aliphatic heterocycles. The molecule has 21 heavy (non-hydrogen) atoms. The van der Waals surface area contributed by atoms with E-state index in [-0.39, 0.29) is 0 Å². The molecule has 0 aromatic heterocycles. The Morgan fingerprint density at radius 1 is 1.00 bits per heavy atom. The fraction of sp³-hybridized carbons (Fsp3) is 0.647. The van der Waals surface area contributed by atoms with Crippen molar-refractivity contribution in [2.24, 2.45) is 11.3 Å². The molecule has 0 N–H and O–H groups in total. The zero-order chi connectivity index (χ0) is 15.7. The second-order valence-corrected chi connectivity index (χ2v) is 8.36. The molecular formula is C17H23F3S. The largest absolute Gasteiger partial charge is 0.416 e. The van der Waals surface area contributed by atoms with Crippen LogP contribution < -0.4 is 0 Å². The third-order valence-corrected chi connectivity index (χ3v) is 5.69. The van der Waals surface area contributed by atoms with Crippen molar-refractivity contribution in [2.75, 3.05) is 0 Å². The van der Waals surface area contributed by atoms with Crippen LogP contribution >= 0.6 is 11.8 Å². The van der Waals surface area contributed by atoms with E-state index in [1.54, 1.807) is 17.8 Å². The quantitative estimate of drug-likeness (QED) is 0.608. The van der Waals surface area contributed by atoms with Gasteiger partial charge in [0.25, 0.3) is 0 Å². The van der Waals surface area contributed by atoms with Crippen molar-refractivity contribution in [1.29, 1.82) is 0 Å². The number of benzene rings is 1. The first-order chi connectivity index (χ1) is 9.66. The van der Waals surface area contributed by atoms with Gasteiger partial charge in [-0.15, -0.1) is 11.8 Å². The van der Waals surface area contributed by atoms with Crippen LogP contribution in [0.15, 0.2) is 29.2 Å². The van der Waals surface area contributed by atoms with Crippen LogP contribution in [0.3, 0.4) is 0 Å². The van der Waals surface area contributed by atoms with Gasteiger partial charge in [-0.1, -0.05) is 26.8 Å². The monoisotopic (exact) mass is 316 g/mol. The first-order valence-electron chi connectivity index (χ1n) is 7.50. The van der Waals surface area contributed by atoms with Gasteiger partial charge in [0.15, 0.2) is 0 Å². The van der Waals surface area contributed by atoms with Gasteiger partial charge in [-0.25, -0.2) is 0 Å². The lowest BCUT2D eigenvalue weighted by Crippen LogP contribution is -2.26. The number of alkyl halides is 3. The summed E-state index contributed by atoms with van der Waals surface area (Å²) in [5, 5.41) is 0.451. The van der Waals surface area contributed by atoms with Gasteiger partial charge in [-0.3, -0.25) is 0 Å². The third-order valence-electron chi connectivity index (χ3n) is 4.36. The first kappa shape index (κ1) is 16.7. The molecule has 1 aliphatic carbocycles. The van der Waals surface area contributed by atoms with Crippen molar-refractivity contribution in [3.05, 3.63) is 29.8 Å². The van der Waals surface area contributed by atoms with Crippen molar-refractivity contribution >= 4 is 11.8 Å². The number of rotatable bonds is 2. The highest BCUT2D eigenvalue weighted by Crippen LogP contribution is 2.43. The van der Waals surface area contributed by atoms with Crippen LogP contribution in [0, 0.1) is 11.3 Å². The van der Waals surface area contributed by atoms with Crippen LogP contribution in [0.2, 0.25) is 0 Å². The van der Waals surface area contributed by atoms with Crippen molar-refractivity contribution in [2.45, 2.75) is 62.8 Å². The molecule has 0 amide bonds. The SMILES string of the molecule is CC(C)(C)C1CCC(Sc2cccc(C(F)(F)F)c2)CC1. The van der Waals surface area contributed by atoms with Crippen LogP contribution in [-0.4, -0.2) is 5.25 Å². The number of halogens is 3. The minimum absolute atomic E-state index is 0.339. The summed E-state index contributed by atoms with van der Waals surface area (Å²) in [5.74, 6) is 0.732. The Bertz CT molecular complexity index is 466. The highest BCUT2D eigenvalue weighted by atomic mass is 32.2. The molecule has 2 rings (SSSR count). The molecule has 118 valence electrons. The summed E-state index contributed by atoms with van der Waals surface area (Å²) in [5.41, 5.74) is -0.206. The fourth-order valence-corrected chi connectivity index (χ4v) is 4.23. The van der Waals surface area contributed by atoms with Gasteiger partial charge in [-0.2, -0.15) is 13.2 Å². The second kappa shape index (κ2) is 6.23. The van der Waals surface area contributed by atoms with Crippen LogP contribution in [0.5, 0.6) is 0 Å². The van der Waals surface area contributed by atoms with Gasteiger partial charge in [-0.05, 0) is 55.2 Å². The van der Waals surface area contributed by atoms with Crippen molar-refractivity contribution in [3.63, 3.8) is 0 Å². The number of thioether (sulfide) groups is 1. The Labute approximate surface area is 129 Å². The molecule has 0 spiro atoms. The summed E-state index contributed by atoms with van der Waals surface area (Å²) in [6.07, 6.45) is 0.312. The zero-order valence-corrected chi connectivity index (χ0v) is 13.7. The molecule has 1 aromatic rings. The van der Waals surface area contributed by atoms with E-state index >= 15 is 0 Å². The second-order valence-electron chi connectivity index (χ2n) is 6.98. The van der Waals surface area contributed by atoms with Gasteiger partial charge in [0.2, 0.25) is 0 Å². The number of hydrogen-bond donors (Lipinski definition) is 0. The van der Waals surface area contributed by atoms with Crippen LogP contribution in [0.25, 0.3) is 0 Å². The van der Waals surface area contributed by atoms with Gasteiger partial charge >= 0.3 is 6.18 Å². The van der Waals surface area contributed by atoms with E-state index < -0.39 is 11.7 Å². The van der Waals surface area contributed by atoms with Crippen LogP contribution in [0.1, 0.15) is 52.0 Å². The highest BCUT2D eigenvalue weighted by Gasteiger charge is 2.32. The smallest absolute Gasteiger partial charge is 0.166 e. The molecule has 1 saturated carbocycles. The summed E-state index contributed by atoms with van der Waals surface area (Å²) >= 11 is 1.61. The average Bonchev–Trinajstić information content (AvgIpc) is 2.37. The Morgan fingerprint density at radius 3 is 2.14 bits per heavy atom. The zero-order valence-electron chi connectivity index (χ0n) is 12.8. The van der Waals surface area contributed by atoms with E-state index in [1.807, 2.05) is 0 Å². The summed E-state index contributed by atoms with van der Waals surface area (Å²) < 4.78 is 38.2. The molecule has 0 saturated heterocycles. The predicted octanol–water partition coefficient (Wildman–Crippen LogP) is 6.40. The van der Waals surface area contributed by atoms with E-state index in [1.165, 1.54) is 25.0 Å². The fourth-order valence-electron chi connectivity index (χ4n) is 2.98. The minimum atomic E-state index is -4.25. The van der Waals surface area contributed by atoms with E-state index in [2.05, 4.69) is 20.8 Å². The van der Waals surface area contributed by atoms with Crippen molar-refractivity contribution in [1.82, 2.24) is 0 Å². The summed E-state index contributed by atoms with van der Waals surface area (Å²) in [6.45, 7) is 6.83. The molecule has 1 aliphatic rings. The predicted molar refractivity (Wildman–Crippen MR) is 82.5 cm³/mol. The Hall–Kier alpha value is -0.640. The van der Waals surface area contributed by atoms with Gasteiger partial charge < -0.3 is 0 Å². The molecule has 0 heterocycles. The molecule has 0 bridgehead atoms. The van der Waals surface area contributed by atoms with Gasteiger partial charge in [0, 0.05) is 10.1 Å². The van der Waals surface area contributed by atoms with E-state index in [0.29, 0.717) is 10.7 Å². The van der Waals surface area contributed by atoms with Crippen LogP contribution in [-0.2, 0) is 6.18 Å². The molecule has 4 heteroatoms. The summed E-state index contributed by atoms with van der Waals surface area (Å²) in [6, 6.07) is 5.71. The lowest BCUT2D eigenvalue weighted by atomic mass is 9.72. The maximum Gasteiger partial charge on any atom is 0.416 e. The Balaban J connectivity index is 1.95. The molecule has 0 nitrogen and oxygen atoms in total. The van der Waals surface area contributed by atoms with Gasteiger partial charge in [0.05, 0.1) is 5.56 Å². The van der Waals surface area contributed by atoms with E-state index in [4.69, 9.17) is 0 Å². The normalized spacial score (nSPS) is 24.1. The topological polar surface area (TPSA) is 0 Å². The van der Waals surface area contributed by atoms with E-state index in [0.717, 1.165) is 29.7 Å². The van der Waals surface area contributed by atoms with Crippen molar-refractivity contribution < 1.29 is 13.2 Å². The molecule has 1 fully saturated rings. The molecule has 1 aromatic carbocycles. The number of hydrogen-bond acceptors (Lipinski definition) is 1. The molecule has 0 radical (unpaired) electrons.